The lowest BCUT2D eigenvalue weighted by Gasteiger charge is -2.26. The monoisotopic (exact) mass is 592 g/mol. The number of carboxylic acids is 1. The smallest absolute Gasteiger partial charge is 0.313 e. The number of carbonyl (C=O) groups excluding carboxylic acids is 5. The van der Waals surface area contributed by atoms with Crippen molar-refractivity contribution in [3.63, 3.8) is 0 Å². The van der Waals surface area contributed by atoms with Gasteiger partial charge in [-0.15, -0.1) is 17.0 Å². The largest absolute Gasteiger partial charge is 0.481 e. The number of likely N-dealkylation sites (tertiary alicyclic amines) is 2. The molecule has 3 fully saturated rings. The van der Waals surface area contributed by atoms with Gasteiger partial charge in [-0.1, -0.05) is 0 Å². The number of nitrogens with two attached hydrogens (primary N) is 1. The number of carboxylic acid groups (broad SMARTS) is 1. The number of cyclic esters (lactones) is 2. The maximum absolute atomic E-state index is 11.5. The van der Waals surface area contributed by atoms with Crippen molar-refractivity contribution in [3.05, 3.63) is 0 Å². The highest BCUT2D eigenvalue weighted by molar-refractivity contribution is 8.93. The van der Waals surface area contributed by atoms with Crippen molar-refractivity contribution < 1.29 is 38.6 Å². The van der Waals surface area contributed by atoms with E-state index in [-0.39, 0.29) is 59.5 Å². The average Bonchev–Trinajstić information content (AvgIpc) is 2.82. The van der Waals surface area contributed by atoms with Gasteiger partial charge in [0, 0.05) is 77.8 Å². The maximum atomic E-state index is 11.5. The predicted octanol–water partition coefficient (Wildman–Crippen LogP) is 1.15. The van der Waals surface area contributed by atoms with Crippen molar-refractivity contribution in [2.45, 2.75) is 77.0 Å². The highest BCUT2D eigenvalue weighted by Gasteiger charge is 2.18. The van der Waals surface area contributed by atoms with Gasteiger partial charge in [0.05, 0.1) is 0 Å². The Morgan fingerprint density at radius 1 is 0.811 bits per heavy atom. The van der Waals surface area contributed by atoms with Crippen LogP contribution in [0.3, 0.4) is 0 Å². The lowest BCUT2D eigenvalue weighted by Crippen LogP contribution is -2.41. The Bertz CT molecular complexity index is 749. The second kappa shape index (κ2) is 20.5. The standard InChI is InChI=1S/C12H20N2O4.C7H14N2O.C5H6O3.BrH/c15-10(4-3-6-12(17)18)13-7-9-14-8-2-1-5-11(14)16;8-4-6-9-5-2-1-3-7(9)10;6-4-2-1-3-5(7)8-4;/h1-9H2,(H,13,15)(H,17,18);1-6,8H2;1-3H2;1H. The molecular weight excluding hydrogens is 552 g/mol. The zero-order chi connectivity index (χ0) is 26.8. The van der Waals surface area contributed by atoms with Gasteiger partial charge in [-0.05, 0) is 38.5 Å². The van der Waals surface area contributed by atoms with Crippen LogP contribution in [0.1, 0.15) is 77.0 Å². The molecule has 13 heteroatoms. The van der Waals surface area contributed by atoms with Crippen LogP contribution in [-0.2, 0) is 33.5 Å². The van der Waals surface area contributed by atoms with E-state index < -0.39 is 5.97 Å². The van der Waals surface area contributed by atoms with Gasteiger partial charge in [-0.2, -0.15) is 0 Å². The number of nitrogens with one attached hydrogen (secondary N) is 1. The Morgan fingerprint density at radius 2 is 1.35 bits per heavy atom. The second-order valence-electron chi connectivity index (χ2n) is 8.76. The summed E-state index contributed by atoms with van der Waals surface area (Å²) < 4.78 is 4.21. The lowest BCUT2D eigenvalue weighted by atomic mass is 10.1. The SMILES string of the molecule is Br.NCCN1CCCCC1=O.O=C(O)CCCC(=O)NCCN1CCCCC1=O.O=C1CCCC(=O)O1. The van der Waals surface area contributed by atoms with E-state index in [2.05, 4.69) is 10.1 Å². The molecule has 0 unspecified atom stereocenters. The molecule has 37 heavy (non-hydrogen) atoms. The summed E-state index contributed by atoms with van der Waals surface area (Å²) in [5, 5.41) is 11.1. The fourth-order valence-electron chi connectivity index (χ4n) is 3.78. The van der Waals surface area contributed by atoms with Crippen LogP contribution in [0, 0.1) is 0 Å². The molecule has 0 aliphatic carbocycles. The minimum absolute atomic E-state index is 0. The first-order chi connectivity index (χ1) is 17.2. The quantitative estimate of drug-likeness (QED) is 0.261. The number of amides is 3. The molecule has 0 aromatic rings. The number of piperidine rings is 2. The highest BCUT2D eigenvalue weighted by Crippen LogP contribution is 2.10. The van der Waals surface area contributed by atoms with Crippen molar-refractivity contribution in [2.75, 3.05) is 39.3 Å². The molecular formula is C24H41BrN4O8. The molecule has 0 spiro atoms. The summed E-state index contributed by atoms with van der Waals surface area (Å²) in [6.45, 7) is 4.00. The highest BCUT2D eigenvalue weighted by atomic mass is 79.9. The van der Waals surface area contributed by atoms with Crippen LogP contribution in [0.15, 0.2) is 0 Å². The summed E-state index contributed by atoms with van der Waals surface area (Å²) in [5.74, 6) is -1.39. The van der Waals surface area contributed by atoms with Crippen LogP contribution in [0.25, 0.3) is 0 Å². The third-order valence-electron chi connectivity index (χ3n) is 5.73. The molecule has 12 nitrogen and oxygen atoms in total. The zero-order valence-electron chi connectivity index (χ0n) is 21.4. The van der Waals surface area contributed by atoms with E-state index in [1.54, 1.807) is 4.90 Å². The molecule has 3 rings (SSSR count). The molecule has 0 radical (unpaired) electrons. The van der Waals surface area contributed by atoms with Crippen molar-refractivity contribution >= 4 is 52.6 Å². The van der Waals surface area contributed by atoms with Gasteiger partial charge in [0.15, 0.2) is 0 Å². The van der Waals surface area contributed by atoms with Gasteiger partial charge in [-0.3, -0.25) is 28.8 Å². The summed E-state index contributed by atoms with van der Waals surface area (Å²) in [6, 6.07) is 0. The van der Waals surface area contributed by atoms with Gasteiger partial charge >= 0.3 is 17.9 Å². The lowest BCUT2D eigenvalue weighted by molar-refractivity contribution is -0.163. The number of hydrogen-bond acceptors (Lipinski definition) is 8. The van der Waals surface area contributed by atoms with Crippen LogP contribution in [0.5, 0.6) is 0 Å². The summed E-state index contributed by atoms with van der Waals surface area (Å²) in [4.78, 5) is 68.2. The number of carbonyl (C=O) groups is 6. The third-order valence-corrected chi connectivity index (χ3v) is 5.73. The van der Waals surface area contributed by atoms with E-state index in [9.17, 15) is 28.8 Å². The fourth-order valence-corrected chi connectivity index (χ4v) is 3.78. The maximum Gasteiger partial charge on any atom is 0.313 e. The molecule has 3 amide bonds. The average molecular weight is 594 g/mol. The van der Waals surface area contributed by atoms with Crippen molar-refractivity contribution in [3.8, 4) is 0 Å². The summed E-state index contributed by atoms with van der Waals surface area (Å²) >= 11 is 0. The topological polar surface area (TPSA) is 176 Å². The molecule has 0 bridgehead atoms. The molecule has 0 saturated carbocycles. The van der Waals surface area contributed by atoms with E-state index in [4.69, 9.17) is 10.8 Å². The Kier molecular flexibility index (Phi) is 19.1. The molecule has 3 aliphatic heterocycles. The first-order valence-electron chi connectivity index (χ1n) is 12.7. The van der Waals surface area contributed by atoms with Gasteiger partial charge in [0.1, 0.15) is 0 Å². The predicted molar refractivity (Wildman–Crippen MR) is 140 cm³/mol. The normalized spacial score (nSPS) is 17.3. The number of esters is 2. The van der Waals surface area contributed by atoms with Crippen LogP contribution >= 0.6 is 17.0 Å². The van der Waals surface area contributed by atoms with E-state index in [0.29, 0.717) is 51.7 Å². The number of rotatable bonds is 9. The Labute approximate surface area is 228 Å². The van der Waals surface area contributed by atoms with Crippen molar-refractivity contribution in [1.82, 2.24) is 15.1 Å². The number of ether oxygens (including phenoxy) is 1. The van der Waals surface area contributed by atoms with E-state index in [1.165, 1.54) is 0 Å². The van der Waals surface area contributed by atoms with E-state index in [1.807, 2.05) is 4.90 Å². The van der Waals surface area contributed by atoms with Gasteiger partial charge in [0.25, 0.3) is 0 Å². The number of hydrogen-bond donors (Lipinski definition) is 3. The summed E-state index contributed by atoms with van der Waals surface area (Å²) in [6.07, 6.45) is 7.53. The minimum Gasteiger partial charge on any atom is -0.481 e. The number of aliphatic carboxylic acids is 1. The van der Waals surface area contributed by atoms with E-state index in [0.717, 1.165) is 51.7 Å². The van der Waals surface area contributed by atoms with Crippen molar-refractivity contribution in [1.29, 1.82) is 0 Å². The Morgan fingerprint density at radius 3 is 1.78 bits per heavy atom. The first kappa shape index (κ1) is 34.5. The minimum atomic E-state index is -0.887. The third kappa shape index (κ3) is 16.8. The van der Waals surface area contributed by atoms with Gasteiger partial charge in [0.2, 0.25) is 17.7 Å². The summed E-state index contributed by atoms with van der Waals surface area (Å²) in [5.41, 5.74) is 5.33. The van der Waals surface area contributed by atoms with Crippen LogP contribution in [-0.4, -0.2) is 89.8 Å². The molecule has 4 N–H and O–H groups in total. The number of nitrogens with zero attached hydrogens (tertiary/aromatic N) is 2. The summed E-state index contributed by atoms with van der Waals surface area (Å²) in [7, 11) is 0. The Hall–Kier alpha value is -2.54. The Balaban J connectivity index is 0.000000574. The molecule has 3 saturated heterocycles. The van der Waals surface area contributed by atoms with Crippen molar-refractivity contribution in [2.24, 2.45) is 5.73 Å². The molecule has 0 atom stereocenters. The van der Waals surface area contributed by atoms with Crippen LogP contribution < -0.4 is 11.1 Å². The van der Waals surface area contributed by atoms with Crippen LogP contribution in [0.2, 0.25) is 0 Å². The molecule has 0 aromatic carbocycles. The van der Waals surface area contributed by atoms with Gasteiger partial charge < -0.3 is 30.7 Å². The molecule has 3 heterocycles. The van der Waals surface area contributed by atoms with Gasteiger partial charge in [-0.25, -0.2) is 0 Å². The number of halogens is 1. The molecule has 3 aliphatic rings. The van der Waals surface area contributed by atoms with E-state index >= 15 is 0 Å². The van der Waals surface area contributed by atoms with Crippen LogP contribution in [0.4, 0.5) is 0 Å². The second-order valence-corrected chi connectivity index (χ2v) is 8.76. The first-order valence-corrected chi connectivity index (χ1v) is 12.7. The molecule has 0 aromatic heterocycles. The zero-order valence-corrected chi connectivity index (χ0v) is 23.1. The fraction of sp³-hybridized carbons (Fsp3) is 0.750. The molecule has 212 valence electrons.